The Hall–Kier alpha value is -2.24. The van der Waals surface area contributed by atoms with Crippen molar-refractivity contribution < 1.29 is 19.8 Å². The number of anilines is 1. The molecule has 0 unspecified atom stereocenters. The van der Waals surface area contributed by atoms with Crippen LogP contribution in [0.25, 0.3) is 0 Å². The van der Waals surface area contributed by atoms with Crippen molar-refractivity contribution in [1.82, 2.24) is 4.90 Å². The summed E-state index contributed by atoms with van der Waals surface area (Å²) in [5.41, 5.74) is -0.298. The third-order valence-electron chi connectivity index (χ3n) is 3.27. The highest BCUT2D eigenvalue weighted by atomic mass is 16.4. The fraction of sp³-hybridized carbons (Fsp3) is 0.385. The van der Waals surface area contributed by atoms with Crippen LogP contribution in [0.4, 0.5) is 10.5 Å². The van der Waals surface area contributed by atoms with E-state index in [9.17, 15) is 14.7 Å². The molecular formula is C13H16N2O4. The van der Waals surface area contributed by atoms with E-state index < -0.39 is 11.6 Å². The lowest BCUT2D eigenvalue weighted by Gasteiger charge is -2.45. The number of benzene rings is 1. The van der Waals surface area contributed by atoms with Gasteiger partial charge in [0.05, 0.1) is 11.2 Å². The summed E-state index contributed by atoms with van der Waals surface area (Å²) in [7, 11) is 0. The number of rotatable bonds is 1. The summed E-state index contributed by atoms with van der Waals surface area (Å²) in [6.45, 7) is 3.49. The molecule has 1 aromatic carbocycles. The van der Waals surface area contributed by atoms with Gasteiger partial charge in [0.15, 0.2) is 0 Å². The Morgan fingerprint density at radius 3 is 2.53 bits per heavy atom. The molecule has 1 aromatic rings. The number of carbonyl (C=O) groups excluding carboxylic acids is 1. The molecule has 0 atom stereocenters. The van der Waals surface area contributed by atoms with Gasteiger partial charge in [0.25, 0.3) is 0 Å². The molecule has 0 radical (unpaired) electrons. The zero-order valence-electron chi connectivity index (χ0n) is 10.8. The summed E-state index contributed by atoms with van der Waals surface area (Å²) in [5.74, 6) is -0.335. The van der Waals surface area contributed by atoms with Crippen molar-refractivity contribution in [1.29, 1.82) is 0 Å². The lowest BCUT2D eigenvalue weighted by molar-refractivity contribution is -0.123. The van der Waals surface area contributed by atoms with Gasteiger partial charge in [-0.3, -0.25) is 9.69 Å². The second-order valence-corrected chi connectivity index (χ2v) is 5.15. The van der Waals surface area contributed by atoms with Crippen LogP contribution in [0.3, 0.4) is 0 Å². The molecule has 1 heterocycles. The summed E-state index contributed by atoms with van der Waals surface area (Å²) in [5, 5.41) is 18.9. The van der Waals surface area contributed by atoms with E-state index in [1.54, 1.807) is 32.0 Å². The maximum Gasteiger partial charge on any atom is 0.408 e. The Balaban J connectivity index is 2.34. The van der Waals surface area contributed by atoms with Crippen LogP contribution in [0.2, 0.25) is 0 Å². The molecule has 0 aliphatic carbocycles. The van der Waals surface area contributed by atoms with Crippen LogP contribution < -0.4 is 4.90 Å². The Kier molecular flexibility index (Phi) is 3.09. The Morgan fingerprint density at radius 1 is 1.32 bits per heavy atom. The third-order valence-corrected chi connectivity index (χ3v) is 3.27. The Morgan fingerprint density at radius 2 is 1.95 bits per heavy atom. The number of hydrogen-bond donors (Lipinski definition) is 2. The highest BCUT2D eigenvalue weighted by Crippen LogP contribution is 2.31. The number of carboxylic acid groups (broad SMARTS) is 1. The SMILES string of the molecule is CC1(C)CN(c2ccccc2O)C(=O)CN1C(=O)O. The van der Waals surface area contributed by atoms with Gasteiger partial charge in [0, 0.05) is 6.54 Å². The van der Waals surface area contributed by atoms with Gasteiger partial charge < -0.3 is 15.1 Å². The lowest BCUT2D eigenvalue weighted by Crippen LogP contribution is -2.63. The highest BCUT2D eigenvalue weighted by Gasteiger charge is 2.41. The van der Waals surface area contributed by atoms with Crippen LogP contribution in [0.15, 0.2) is 24.3 Å². The van der Waals surface area contributed by atoms with Gasteiger partial charge in [-0.05, 0) is 26.0 Å². The number of amides is 2. The third kappa shape index (κ3) is 2.33. The minimum absolute atomic E-state index is 0.00965. The second kappa shape index (κ2) is 4.46. The largest absolute Gasteiger partial charge is 0.506 e. The van der Waals surface area contributed by atoms with Gasteiger partial charge in [-0.2, -0.15) is 0 Å². The van der Waals surface area contributed by atoms with Crippen LogP contribution in [-0.4, -0.2) is 45.7 Å². The number of para-hydroxylation sites is 2. The standard InChI is InChI=1S/C13H16N2O4/c1-13(2)8-14(9-5-3-4-6-10(9)16)11(17)7-15(13)12(18)19/h3-6,16H,7-8H2,1-2H3,(H,18,19). The number of aromatic hydroxyl groups is 1. The van der Waals surface area contributed by atoms with Gasteiger partial charge in [-0.1, -0.05) is 12.1 Å². The molecule has 6 nitrogen and oxygen atoms in total. The normalized spacial score (nSPS) is 18.5. The lowest BCUT2D eigenvalue weighted by atomic mass is 9.98. The van der Waals surface area contributed by atoms with Crippen LogP contribution in [-0.2, 0) is 4.79 Å². The van der Waals surface area contributed by atoms with Crippen LogP contribution in [0.5, 0.6) is 5.75 Å². The molecule has 1 saturated heterocycles. The first-order chi connectivity index (χ1) is 8.83. The molecule has 6 heteroatoms. The van der Waals surface area contributed by atoms with Crippen molar-refractivity contribution >= 4 is 17.7 Å². The van der Waals surface area contributed by atoms with Crippen LogP contribution in [0, 0.1) is 0 Å². The van der Waals surface area contributed by atoms with Crippen molar-refractivity contribution in [3.05, 3.63) is 24.3 Å². The molecule has 2 N–H and O–H groups in total. The van der Waals surface area contributed by atoms with Crippen molar-refractivity contribution in [3.8, 4) is 5.75 Å². The Bertz CT molecular complexity index is 527. The van der Waals surface area contributed by atoms with Gasteiger partial charge >= 0.3 is 6.09 Å². The van der Waals surface area contributed by atoms with E-state index in [0.717, 1.165) is 4.90 Å². The molecule has 0 aromatic heterocycles. The Labute approximate surface area is 110 Å². The monoisotopic (exact) mass is 264 g/mol. The maximum atomic E-state index is 12.1. The average Bonchev–Trinajstić information content (AvgIpc) is 2.32. The number of nitrogens with zero attached hydrogens (tertiary/aromatic N) is 2. The molecule has 0 saturated carbocycles. The van der Waals surface area contributed by atoms with Crippen molar-refractivity contribution in [2.45, 2.75) is 19.4 Å². The second-order valence-electron chi connectivity index (χ2n) is 5.15. The van der Waals surface area contributed by atoms with Crippen molar-refractivity contribution in [2.75, 3.05) is 18.0 Å². The van der Waals surface area contributed by atoms with Crippen LogP contribution >= 0.6 is 0 Å². The zero-order valence-corrected chi connectivity index (χ0v) is 10.8. The minimum Gasteiger partial charge on any atom is -0.506 e. The smallest absolute Gasteiger partial charge is 0.408 e. The summed E-state index contributed by atoms with van der Waals surface area (Å²) < 4.78 is 0. The maximum absolute atomic E-state index is 12.1. The molecule has 0 bridgehead atoms. The number of hydrogen-bond acceptors (Lipinski definition) is 3. The van der Waals surface area contributed by atoms with E-state index >= 15 is 0 Å². The molecular weight excluding hydrogens is 248 g/mol. The van der Waals surface area contributed by atoms with Gasteiger partial charge in [-0.15, -0.1) is 0 Å². The summed E-state index contributed by atoms with van der Waals surface area (Å²) in [4.78, 5) is 25.7. The van der Waals surface area contributed by atoms with E-state index in [4.69, 9.17) is 5.11 Å². The summed E-state index contributed by atoms with van der Waals surface area (Å²) >= 11 is 0. The van der Waals surface area contributed by atoms with E-state index in [2.05, 4.69) is 0 Å². The van der Waals surface area contributed by atoms with Crippen LogP contribution in [0.1, 0.15) is 13.8 Å². The minimum atomic E-state index is -1.12. The van der Waals surface area contributed by atoms with E-state index in [0.29, 0.717) is 5.69 Å². The van der Waals surface area contributed by atoms with E-state index in [1.165, 1.54) is 11.0 Å². The summed E-state index contributed by atoms with van der Waals surface area (Å²) in [6.07, 6.45) is -1.12. The fourth-order valence-corrected chi connectivity index (χ4v) is 2.23. The first kappa shape index (κ1) is 13.2. The molecule has 2 rings (SSSR count). The zero-order chi connectivity index (χ0) is 14.2. The molecule has 1 aliphatic rings. The predicted molar refractivity (Wildman–Crippen MR) is 69.3 cm³/mol. The molecule has 0 spiro atoms. The molecule has 2 amide bonds. The predicted octanol–water partition coefficient (Wildman–Crippen LogP) is 1.50. The molecule has 19 heavy (non-hydrogen) atoms. The highest BCUT2D eigenvalue weighted by molar-refractivity contribution is 5.98. The van der Waals surface area contributed by atoms with Gasteiger partial charge in [-0.25, -0.2) is 4.79 Å². The average molecular weight is 264 g/mol. The number of phenols is 1. The van der Waals surface area contributed by atoms with Crippen molar-refractivity contribution in [2.24, 2.45) is 0 Å². The summed E-state index contributed by atoms with van der Waals surface area (Å²) in [6, 6.07) is 6.53. The molecule has 102 valence electrons. The number of phenolic OH excluding ortho intramolecular Hbond substituents is 1. The number of carbonyl (C=O) groups is 2. The van der Waals surface area contributed by atoms with Gasteiger partial charge in [0.1, 0.15) is 12.3 Å². The fourth-order valence-electron chi connectivity index (χ4n) is 2.23. The van der Waals surface area contributed by atoms with E-state index in [1.807, 2.05) is 0 Å². The number of piperazine rings is 1. The molecule has 1 fully saturated rings. The van der Waals surface area contributed by atoms with E-state index in [-0.39, 0.29) is 24.7 Å². The first-order valence-electron chi connectivity index (χ1n) is 5.92. The van der Waals surface area contributed by atoms with Gasteiger partial charge in [0.2, 0.25) is 5.91 Å². The quantitative estimate of drug-likeness (QED) is 0.805. The topological polar surface area (TPSA) is 81.1 Å². The first-order valence-corrected chi connectivity index (χ1v) is 5.92. The molecule has 1 aliphatic heterocycles. The van der Waals surface area contributed by atoms with Crippen molar-refractivity contribution in [3.63, 3.8) is 0 Å².